The fourth-order valence-electron chi connectivity index (χ4n) is 3.65. The number of carbonyl (C=O) groups is 2. The van der Waals surface area contributed by atoms with Crippen LogP contribution < -0.4 is 4.74 Å². The molecular weight excluding hydrogens is 346 g/mol. The lowest BCUT2D eigenvalue weighted by molar-refractivity contribution is -0.134. The molecule has 0 bridgehead atoms. The Morgan fingerprint density at radius 1 is 1.19 bits per heavy atom. The zero-order valence-corrected chi connectivity index (χ0v) is 16.9. The van der Waals surface area contributed by atoms with Crippen LogP contribution >= 0.6 is 0 Å². The average molecular weight is 377 g/mol. The van der Waals surface area contributed by atoms with Gasteiger partial charge in [0.2, 0.25) is 5.91 Å². The van der Waals surface area contributed by atoms with Gasteiger partial charge in [0, 0.05) is 18.7 Å². The molecule has 0 aliphatic carbocycles. The molecule has 1 aromatic rings. The van der Waals surface area contributed by atoms with Crippen LogP contribution in [0.2, 0.25) is 0 Å². The first-order valence-electron chi connectivity index (χ1n) is 9.70. The SMILES string of the molecule is CCCC(CC)c1cc(C(=O)OC)cc(CC(=O)N2CCOCC2)c1OC. The highest BCUT2D eigenvalue weighted by atomic mass is 16.5. The van der Waals surface area contributed by atoms with E-state index in [9.17, 15) is 9.59 Å². The van der Waals surface area contributed by atoms with Gasteiger partial charge in [-0.3, -0.25) is 4.79 Å². The normalized spacial score (nSPS) is 15.3. The zero-order chi connectivity index (χ0) is 19.8. The van der Waals surface area contributed by atoms with Crippen LogP contribution in [0.4, 0.5) is 0 Å². The average Bonchev–Trinajstić information content (AvgIpc) is 2.71. The van der Waals surface area contributed by atoms with Crippen LogP contribution in [0.5, 0.6) is 5.75 Å². The van der Waals surface area contributed by atoms with E-state index in [-0.39, 0.29) is 18.2 Å². The second-order valence-electron chi connectivity index (χ2n) is 6.81. The number of carbonyl (C=O) groups excluding carboxylic acids is 2. The van der Waals surface area contributed by atoms with Gasteiger partial charge in [-0.1, -0.05) is 20.3 Å². The maximum atomic E-state index is 12.8. The molecule has 0 radical (unpaired) electrons. The van der Waals surface area contributed by atoms with E-state index in [1.165, 1.54) is 7.11 Å². The molecule has 1 saturated heterocycles. The predicted octanol–water partition coefficient (Wildman–Crippen LogP) is 3.18. The number of rotatable bonds is 8. The maximum Gasteiger partial charge on any atom is 0.337 e. The number of hydrogen-bond donors (Lipinski definition) is 0. The molecule has 1 heterocycles. The Morgan fingerprint density at radius 2 is 1.89 bits per heavy atom. The summed E-state index contributed by atoms with van der Waals surface area (Å²) in [6.07, 6.45) is 3.16. The number of methoxy groups -OCH3 is 2. The van der Waals surface area contributed by atoms with Gasteiger partial charge in [-0.25, -0.2) is 4.79 Å². The van der Waals surface area contributed by atoms with Crippen molar-refractivity contribution in [1.29, 1.82) is 0 Å². The summed E-state index contributed by atoms with van der Waals surface area (Å²) in [6, 6.07) is 3.59. The molecule has 1 aliphatic heterocycles. The smallest absolute Gasteiger partial charge is 0.337 e. The van der Waals surface area contributed by atoms with E-state index in [4.69, 9.17) is 14.2 Å². The molecule has 6 nitrogen and oxygen atoms in total. The fourth-order valence-corrected chi connectivity index (χ4v) is 3.65. The van der Waals surface area contributed by atoms with Crippen molar-refractivity contribution in [2.45, 2.75) is 45.4 Å². The van der Waals surface area contributed by atoms with Crippen LogP contribution in [0.25, 0.3) is 0 Å². The molecule has 1 atom stereocenters. The second kappa shape index (κ2) is 10.3. The molecule has 1 aliphatic rings. The third-order valence-electron chi connectivity index (χ3n) is 5.10. The highest BCUT2D eigenvalue weighted by Crippen LogP contribution is 2.36. The summed E-state index contributed by atoms with van der Waals surface area (Å²) in [5.41, 5.74) is 2.18. The number of ether oxygens (including phenoxy) is 3. The Kier molecular flexibility index (Phi) is 8.10. The Hall–Kier alpha value is -2.08. The number of esters is 1. The maximum absolute atomic E-state index is 12.8. The van der Waals surface area contributed by atoms with Gasteiger partial charge in [0.25, 0.3) is 0 Å². The first-order valence-corrected chi connectivity index (χ1v) is 9.70. The molecule has 1 fully saturated rings. The van der Waals surface area contributed by atoms with Gasteiger partial charge in [0.05, 0.1) is 39.4 Å². The lowest BCUT2D eigenvalue weighted by atomic mass is 9.88. The van der Waals surface area contributed by atoms with Gasteiger partial charge < -0.3 is 19.1 Å². The minimum absolute atomic E-state index is 0.0214. The molecule has 1 aromatic carbocycles. The van der Waals surface area contributed by atoms with Gasteiger partial charge in [-0.05, 0) is 36.5 Å². The molecule has 0 N–H and O–H groups in total. The van der Waals surface area contributed by atoms with Crippen molar-refractivity contribution in [3.05, 3.63) is 28.8 Å². The lowest BCUT2D eigenvalue weighted by Gasteiger charge is -2.28. The first kappa shape index (κ1) is 21.2. The van der Waals surface area contributed by atoms with Gasteiger partial charge >= 0.3 is 5.97 Å². The number of morpholine rings is 1. The molecule has 1 unspecified atom stereocenters. The molecule has 27 heavy (non-hydrogen) atoms. The molecule has 0 aromatic heterocycles. The molecule has 0 spiro atoms. The third-order valence-corrected chi connectivity index (χ3v) is 5.10. The van der Waals surface area contributed by atoms with Crippen LogP contribution in [0.15, 0.2) is 12.1 Å². The largest absolute Gasteiger partial charge is 0.496 e. The van der Waals surface area contributed by atoms with Crippen molar-refractivity contribution >= 4 is 11.9 Å². The quantitative estimate of drug-likeness (QED) is 0.651. The summed E-state index contributed by atoms with van der Waals surface area (Å²) in [6.45, 7) is 6.58. The topological polar surface area (TPSA) is 65.1 Å². The number of hydrogen-bond acceptors (Lipinski definition) is 5. The Balaban J connectivity index is 2.43. The van der Waals surface area contributed by atoms with Gasteiger partial charge in [-0.15, -0.1) is 0 Å². The fraction of sp³-hybridized carbons (Fsp3) is 0.619. The minimum Gasteiger partial charge on any atom is -0.496 e. The summed E-state index contributed by atoms with van der Waals surface area (Å²) in [5, 5.41) is 0. The van der Waals surface area contributed by atoms with Crippen LogP contribution in [-0.4, -0.2) is 57.3 Å². The second-order valence-corrected chi connectivity index (χ2v) is 6.81. The van der Waals surface area contributed by atoms with E-state index >= 15 is 0 Å². The van der Waals surface area contributed by atoms with E-state index in [0.717, 1.165) is 30.4 Å². The minimum atomic E-state index is -0.398. The number of amides is 1. The first-order chi connectivity index (χ1) is 13.0. The molecular formula is C21H31NO5. The van der Waals surface area contributed by atoms with Gasteiger partial charge in [0.15, 0.2) is 0 Å². The van der Waals surface area contributed by atoms with Gasteiger partial charge in [0.1, 0.15) is 5.75 Å². The summed E-state index contributed by atoms with van der Waals surface area (Å²) in [7, 11) is 2.99. The Morgan fingerprint density at radius 3 is 2.44 bits per heavy atom. The van der Waals surface area contributed by atoms with E-state index in [1.54, 1.807) is 18.1 Å². The summed E-state index contributed by atoms with van der Waals surface area (Å²) >= 11 is 0. The van der Waals surface area contributed by atoms with Crippen LogP contribution in [0.3, 0.4) is 0 Å². The van der Waals surface area contributed by atoms with Crippen molar-refractivity contribution in [3.8, 4) is 5.75 Å². The van der Waals surface area contributed by atoms with Crippen molar-refractivity contribution in [2.24, 2.45) is 0 Å². The van der Waals surface area contributed by atoms with E-state index in [0.29, 0.717) is 37.6 Å². The van der Waals surface area contributed by atoms with Crippen molar-refractivity contribution in [1.82, 2.24) is 4.90 Å². The number of benzene rings is 1. The van der Waals surface area contributed by atoms with Crippen LogP contribution in [0, 0.1) is 0 Å². The highest BCUT2D eigenvalue weighted by Gasteiger charge is 2.24. The van der Waals surface area contributed by atoms with E-state index in [1.807, 2.05) is 6.07 Å². The lowest BCUT2D eigenvalue weighted by Crippen LogP contribution is -2.41. The van der Waals surface area contributed by atoms with Crippen LogP contribution in [0.1, 0.15) is 60.5 Å². The van der Waals surface area contributed by atoms with Crippen LogP contribution in [-0.2, 0) is 20.7 Å². The summed E-state index contributed by atoms with van der Waals surface area (Å²) in [4.78, 5) is 26.8. The van der Waals surface area contributed by atoms with Gasteiger partial charge in [-0.2, -0.15) is 0 Å². The third kappa shape index (κ3) is 5.22. The number of nitrogens with zero attached hydrogens (tertiary/aromatic N) is 1. The van der Waals surface area contributed by atoms with Crippen molar-refractivity contribution in [2.75, 3.05) is 40.5 Å². The molecule has 150 valence electrons. The zero-order valence-electron chi connectivity index (χ0n) is 16.9. The summed E-state index contributed by atoms with van der Waals surface area (Å²) < 4.78 is 16.0. The van der Waals surface area contributed by atoms with E-state index in [2.05, 4.69) is 13.8 Å². The van der Waals surface area contributed by atoms with Crippen molar-refractivity contribution in [3.63, 3.8) is 0 Å². The molecule has 2 rings (SSSR count). The molecule has 6 heteroatoms. The van der Waals surface area contributed by atoms with E-state index < -0.39 is 5.97 Å². The molecule has 1 amide bonds. The Labute approximate surface area is 161 Å². The van der Waals surface area contributed by atoms with Crippen molar-refractivity contribution < 1.29 is 23.8 Å². The molecule has 0 saturated carbocycles. The standard InChI is InChI=1S/C21H31NO5/c1-5-7-15(6-2)18-13-17(21(24)26-4)12-16(20(18)25-3)14-19(23)22-8-10-27-11-9-22/h12-13,15H,5-11,14H2,1-4H3. The summed E-state index contributed by atoms with van der Waals surface area (Å²) in [5.74, 6) is 0.606. The monoisotopic (exact) mass is 377 g/mol. The highest BCUT2D eigenvalue weighted by molar-refractivity contribution is 5.91. The predicted molar refractivity (Wildman–Crippen MR) is 103 cm³/mol. The Bertz CT molecular complexity index is 652.